The SMILES string of the molecule is Cc1cc(I)ccc1N1C(=N)S/C(=C\c2cc(I)cc(I)c2OCc2ccc(Cl)cc2Cl)C1=O. The van der Waals surface area contributed by atoms with E-state index in [-0.39, 0.29) is 17.7 Å². The molecule has 10 heteroatoms. The molecule has 3 aromatic carbocycles. The predicted molar refractivity (Wildman–Crippen MR) is 167 cm³/mol. The van der Waals surface area contributed by atoms with Crippen molar-refractivity contribution in [2.45, 2.75) is 13.5 Å². The van der Waals surface area contributed by atoms with Crippen molar-refractivity contribution >= 4 is 126 Å². The average Bonchev–Trinajstić information content (AvgIpc) is 3.02. The molecule has 0 spiro atoms. The summed E-state index contributed by atoms with van der Waals surface area (Å²) in [4.78, 5) is 15.2. The number of hydrogen-bond acceptors (Lipinski definition) is 4. The third-order valence-electron chi connectivity index (χ3n) is 4.93. The molecule has 0 unspecified atom stereocenters. The fraction of sp³-hybridized carbons (Fsp3) is 0.0833. The average molecular weight is 847 g/mol. The van der Waals surface area contributed by atoms with Crippen LogP contribution >= 0.6 is 103 Å². The van der Waals surface area contributed by atoms with Crippen molar-refractivity contribution in [3.05, 3.63) is 90.9 Å². The number of anilines is 1. The molecule has 3 aromatic rings. The molecule has 174 valence electrons. The van der Waals surface area contributed by atoms with Crippen LogP contribution in [-0.2, 0) is 11.4 Å². The van der Waals surface area contributed by atoms with E-state index < -0.39 is 0 Å². The largest absolute Gasteiger partial charge is 0.487 e. The minimum absolute atomic E-state index is 0.177. The van der Waals surface area contributed by atoms with Gasteiger partial charge in [-0.2, -0.15) is 0 Å². The van der Waals surface area contributed by atoms with Crippen molar-refractivity contribution in [3.63, 3.8) is 0 Å². The maximum absolute atomic E-state index is 13.3. The van der Waals surface area contributed by atoms with E-state index in [0.29, 0.717) is 20.7 Å². The summed E-state index contributed by atoms with van der Waals surface area (Å²) < 4.78 is 9.18. The topological polar surface area (TPSA) is 53.4 Å². The van der Waals surface area contributed by atoms with Gasteiger partial charge in [0.1, 0.15) is 12.4 Å². The van der Waals surface area contributed by atoms with Crippen LogP contribution in [0.5, 0.6) is 5.75 Å². The lowest BCUT2D eigenvalue weighted by atomic mass is 10.1. The predicted octanol–water partition coefficient (Wildman–Crippen LogP) is 8.75. The van der Waals surface area contributed by atoms with Gasteiger partial charge >= 0.3 is 0 Å². The van der Waals surface area contributed by atoms with E-state index in [1.165, 1.54) is 4.90 Å². The highest BCUT2D eigenvalue weighted by molar-refractivity contribution is 14.1. The van der Waals surface area contributed by atoms with Gasteiger partial charge < -0.3 is 4.74 Å². The summed E-state index contributed by atoms with van der Waals surface area (Å²) in [7, 11) is 0. The lowest BCUT2D eigenvalue weighted by Crippen LogP contribution is -2.28. The maximum Gasteiger partial charge on any atom is 0.271 e. The molecule has 4 nitrogen and oxygen atoms in total. The number of rotatable bonds is 5. The lowest BCUT2D eigenvalue weighted by Gasteiger charge is -2.17. The van der Waals surface area contributed by atoms with E-state index >= 15 is 0 Å². The second-order valence-electron chi connectivity index (χ2n) is 7.32. The van der Waals surface area contributed by atoms with Gasteiger partial charge in [0.05, 0.1) is 14.2 Å². The molecule has 0 atom stereocenters. The van der Waals surface area contributed by atoms with Gasteiger partial charge in [-0.15, -0.1) is 0 Å². The molecule has 1 fully saturated rings. The summed E-state index contributed by atoms with van der Waals surface area (Å²) >= 11 is 20.2. The first kappa shape index (κ1) is 26.5. The zero-order valence-electron chi connectivity index (χ0n) is 17.5. The first-order chi connectivity index (χ1) is 16.1. The van der Waals surface area contributed by atoms with Crippen LogP contribution in [0.25, 0.3) is 6.08 Å². The Labute approximate surface area is 252 Å². The molecule has 0 saturated carbocycles. The normalized spacial score (nSPS) is 14.9. The lowest BCUT2D eigenvalue weighted by molar-refractivity contribution is -0.113. The van der Waals surface area contributed by atoms with Gasteiger partial charge in [-0.3, -0.25) is 15.1 Å². The first-order valence-electron chi connectivity index (χ1n) is 9.78. The number of amides is 1. The Hall–Kier alpha value is -0.540. The molecule has 34 heavy (non-hydrogen) atoms. The van der Waals surface area contributed by atoms with Crippen molar-refractivity contribution in [2.75, 3.05) is 4.90 Å². The zero-order chi connectivity index (χ0) is 24.6. The van der Waals surface area contributed by atoms with Crippen molar-refractivity contribution in [3.8, 4) is 5.75 Å². The Balaban J connectivity index is 1.67. The van der Waals surface area contributed by atoms with Gasteiger partial charge in [0.15, 0.2) is 5.17 Å². The van der Waals surface area contributed by atoms with Gasteiger partial charge in [0.25, 0.3) is 5.91 Å². The molecule has 0 radical (unpaired) electrons. The van der Waals surface area contributed by atoms with Crippen LogP contribution in [0.1, 0.15) is 16.7 Å². The van der Waals surface area contributed by atoms with Gasteiger partial charge in [-0.1, -0.05) is 29.3 Å². The standard InChI is InChI=1S/C24H15Cl2I3N2O2S/c1-12-6-16(27)4-5-20(12)31-23(32)21(34-24(31)30)8-14-7-17(28)10-19(29)22(14)33-11-13-2-3-15(25)9-18(13)26/h2-10,30H,11H2,1H3/b21-8-,30-24?. The number of carbonyl (C=O) groups excluding carboxylic acids is 1. The third-order valence-corrected chi connectivity index (χ3v) is 8.50. The van der Waals surface area contributed by atoms with E-state index in [4.69, 9.17) is 33.3 Å². The number of halogens is 5. The van der Waals surface area contributed by atoms with Crippen LogP contribution in [0, 0.1) is 23.0 Å². The van der Waals surface area contributed by atoms with Crippen LogP contribution in [0.3, 0.4) is 0 Å². The van der Waals surface area contributed by atoms with E-state index in [2.05, 4.69) is 67.8 Å². The highest BCUT2D eigenvalue weighted by Gasteiger charge is 2.34. The smallest absolute Gasteiger partial charge is 0.271 e. The minimum Gasteiger partial charge on any atom is -0.487 e. The first-order valence-corrected chi connectivity index (χ1v) is 14.6. The summed E-state index contributed by atoms with van der Waals surface area (Å²) in [6.45, 7) is 2.20. The number of aryl methyl sites for hydroxylation is 1. The molecule has 1 aliphatic heterocycles. The van der Waals surface area contributed by atoms with Crippen molar-refractivity contribution in [1.29, 1.82) is 5.41 Å². The van der Waals surface area contributed by atoms with Gasteiger partial charge in [0.2, 0.25) is 0 Å². The molecule has 4 rings (SSSR count). The molecule has 0 aromatic heterocycles. The summed E-state index contributed by atoms with van der Waals surface area (Å²) in [5, 5.41) is 9.73. The quantitative estimate of drug-likeness (QED) is 0.207. The van der Waals surface area contributed by atoms with E-state index in [1.807, 2.05) is 43.3 Å². The van der Waals surface area contributed by atoms with E-state index in [0.717, 1.165) is 44.9 Å². The van der Waals surface area contributed by atoms with Gasteiger partial charge in [-0.05, 0) is 141 Å². The summed E-state index contributed by atoms with van der Waals surface area (Å²) in [5.41, 5.74) is 3.25. The highest BCUT2D eigenvalue weighted by atomic mass is 127. The number of amidine groups is 1. The number of thioether (sulfide) groups is 1. The molecule has 1 aliphatic rings. The second kappa shape index (κ2) is 11.2. The molecular formula is C24H15Cl2I3N2O2S. The Morgan fingerprint density at radius 3 is 2.53 bits per heavy atom. The van der Waals surface area contributed by atoms with Crippen molar-refractivity contribution in [1.82, 2.24) is 0 Å². The third kappa shape index (κ3) is 5.88. The number of nitrogens with zero attached hydrogens (tertiary/aromatic N) is 1. The Kier molecular flexibility index (Phi) is 8.77. The van der Waals surface area contributed by atoms with E-state index in [1.54, 1.807) is 18.2 Å². The minimum atomic E-state index is -0.222. The molecule has 0 aliphatic carbocycles. The molecule has 1 amide bonds. The molecule has 0 bridgehead atoms. The van der Waals surface area contributed by atoms with Crippen LogP contribution in [0.2, 0.25) is 10.0 Å². The number of ether oxygens (including phenoxy) is 1. The number of hydrogen-bond donors (Lipinski definition) is 1. The Morgan fingerprint density at radius 2 is 1.82 bits per heavy atom. The van der Waals surface area contributed by atoms with Crippen LogP contribution in [-0.4, -0.2) is 11.1 Å². The van der Waals surface area contributed by atoms with Gasteiger partial charge in [-0.25, -0.2) is 0 Å². The van der Waals surface area contributed by atoms with Crippen LogP contribution in [0.4, 0.5) is 5.69 Å². The summed E-state index contributed by atoms with van der Waals surface area (Å²) in [6.07, 6.45) is 1.80. The summed E-state index contributed by atoms with van der Waals surface area (Å²) in [5.74, 6) is 0.434. The highest BCUT2D eigenvalue weighted by Crippen LogP contribution is 2.39. The Bertz CT molecular complexity index is 1360. The fourth-order valence-electron chi connectivity index (χ4n) is 3.35. The van der Waals surface area contributed by atoms with Crippen molar-refractivity contribution in [2.24, 2.45) is 0 Å². The summed E-state index contributed by atoms with van der Waals surface area (Å²) in [6, 6.07) is 15.1. The van der Waals surface area contributed by atoms with E-state index in [9.17, 15) is 4.79 Å². The fourth-order valence-corrected chi connectivity index (χ4v) is 7.35. The van der Waals surface area contributed by atoms with Crippen LogP contribution < -0.4 is 9.64 Å². The maximum atomic E-state index is 13.3. The Morgan fingerprint density at radius 1 is 1.06 bits per heavy atom. The molecule has 1 saturated heterocycles. The molecular weight excluding hydrogens is 832 g/mol. The second-order valence-corrected chi connectivity index (χ2v) is 12.8. The number of nitrogens with one attached hydrogen (secondary N) is 1. The van der Waals surface area contributed by atoms with Crippen LogP contribution in [0.15, 0.2) is 53.4 Å². The number of benzene rings is 3. The van der Waals surface area contributed by atoms with Gasteiger partial charge in [0, 0.05) is 28.3 Å². The molecule has 1 heterocycles. The monoisotopic (exact) mass is 846 g/mol. The zero-order valence-corrected chi connectivity index (χ0v) is 26.3. The van der Waals surface area contributed by atoms with Crippen molar-refractivity contribution < 1.29 is 9.53 Å². The molecule has 1 N–H and O–H groups in total. The number of carbonyl (C=O) groups is 1.